The van der Waals surface area contributed by atoms with E-state index in [1.807, 2.05) is 42.5 Å². The van der Waals surface area contributed by atoms with Gasteiger partial charge in [-0.3, -0.25) is 9.78 Å². The largest absolute Gasteiger partial charge is 0.505 e. The van der Waals surface area contributed by atoms with Gasteiger partial charge < -0.3 is 15.6 Å². The lowest BCUT2D eigenvalue weighted by atomic mass is 9.89. The van der Waals surface area contributed by atoms with Crippen LogP contribution in [0, 0.1) is 0 Å². The molecule has 32 heavy (non-hydrogen) atoms. The van der Waals surface area contributed by atoms with Crippen molar-refractivity contribution in [2.75, 3.05) is 0 Å². The summed E-state index contributed by atoms with van der Waals surface area (Å²) in [6.45, 7) is 0. The molecule has 0 spiro atoms. The van der Waals surface area contributed by atoms with Gasteiger partial charge in [-0.05, 0) is 35.9 Å². The summed E-state index contributed by atoms with van der Waals surface area (Å²) in [4.78, 5) is 16.8. The molecular weight excluding hydrogens is 424 g/mol. The second-order valence-electron chi connectivity index (χ2n) is 7.25. The van der Waals surface area contributed by atoms with Crippen molar-refractivity contribution in [2.45, 2.75) is 12.0 Å². The van der Waals surface area contributed by atoms with E-state index in [1.54, 1.807) is 54.7 Å². The Labute approximate surface area is 190 Å². The molecule has 0 aliphatic heterocycles. The number of phenolic OH excluding ortho intramolecular Hbond substituents is 1. The van der Waals surface area contributed by atoms with Gasteiger partial charge in [-0.15, -0.1) is 0 Å². The normalized spacial score (nSPS) is 13.2. The van der Waals surface area contributed by atoms with Crippen molar-refractivity contribution in [1.82, 2.24) is 4.98 Å². The van der Waals surface area contributed by atoms with Crippen LogP contribution >= 0.6 is 11.6 Å². The van der Waals surface area contributed by atoms with Gasteiger partial charge in [0.2, 0.25) is 0 Å². The first-order valence-corrected chi connectivity index (χ1v) is 10.4. The highest BCUT2D eigenvalue weighted by Crippen LogP contribution is 2.39. The van der Waals surface area contributed by atoms with Crippen molar-refractivity contribution in [3.05, 3.63) is 107 Å². The molecule has 2 unspecified atom stereocenters. The van der Waals surface area contributed by atoms with Crippen molar-refractivity contribution in [3.8, 4) is 11.5 Å². The molecule has 2 atom stereocenters. The molecule has 3 N–H and O–H groups in total. The van der Waals surface area contributed by atoms with Gasteiger partial charge in [0.1, 0.15) is 17.0 Å². The summed E-state index contributed by atoms with van der Waals surface area (Å²) in [6.07, 6.45) is 4.11. The van der Waals surface area contributed by atoms with Gasteiger partial charge in [-0.25, -0.2) is 0 Å². The smallest absolute Gasteiger partial charge is 0.259 e. The van der Waals surface area contributed by atoms with Crippen molar-refractivity contribution in [3.63, 3.8) is 0 Å². The average molecular weight is 445 g/mol. The van der Waals surface area contributed by atoms with Crippen molar-refractivity contribution < 1.29 is 14.6 Å². The number of ether oxygens (including phenoxy) is 1. The summed E-state index contributed by atoms with van der Waals surface area (Å²) in [5.41, 5.74) is 7.43. The minimum atomic E-state index is -1.10. The molecule has 0 fully saturated rings. The van der Waals surface area contributed by atoms with Crippen LogP contribution < -0.4 is 10.5 Å². The van der Waals surface area contributed by atoms with E-state index in [1.165, 1.54) is 0 Å². The van der Waals surface area contributed by atoms with Gasteiger partial charge >= 0.3 is 0 Å². The predicted molar refractivity (Wildman–Crippen MR) is 127 cm³/mol. The number of halogens is 1. The Kier molecular flexibility index (Phi) is 6.38. The van der Waals surface area contributed by atoms with Crippen LogP contribution in [0.3, 0.4) is 0 Å². The van der Waals surface area contributed by atoms with E-state index in [4.69, 9.17) is 22.1 Å². The molecule has 0 aliphatic carbocycles. The number of carbonyl (C=O) groups is 1. The lowest BCUT2D eigenvalue weighted by molar-refractivity contribution is -0.125. The SMILES string of the molecule is NC(=O)C(Oc1ccccc1)C(C=Cc1ccccc1)c1cc(Cl)c2cccnc2c1O. The van der Waals surface area contributed by atoms with E-state index in [2.05, 4.69) is 4.98 Å². The summed E-state index contributed by atoms with van der Waals surface area (Å²) in [6, 6.07) is 23.7. The number of pyridine rings is 1. The van der Waals surface area contributed by atoms with Crippen molar-refractivity contribution >= 4 is 34.5 Å². The molecule has 0 saturated carbocycles. The number of nitrogens with zero attached hydrogens (tertiary/aromatic N) is 1. The fourth-order valence-electron chi connectivity index (χ4n) is 3.56. The summed E-state index contributed by atoms with van der Waals surface area (Å²) >= 11 is 6.51. The molecule has 4 rings (SSSR count). The van der Waals surface area contributed by atoms with Gasteiger partial charge in [0.25, 0.3) is 5.91 Å². The standard InChI is InChI=1S/C26H21ClN2O3/c27-22-16-21(24(30)23-20(22)12-7-15-29-23)19(14-13-17-8-3-1-4-9-17)25(26(28)31)32-18-10-5-2-6-11-18/h1-16,19,25,30H,(H2,28,31). The molecule has 0 bridgehead atoms. The van der Waals surface area contributed by atoms with Crippen LogP contribution in [0.5, 0.6) is 11.5 Å². The number of para-hydroxylation sites is 1. The third-order valence-corrected chi connectivity index (χ3v) is 5.43. The molecule has 6 heteroatoms. The van der Waals surface area contributed by atoms with Crippen LogP contribution in [-0.2, 0) is 4.79 Å². The number of hydrogen-bond donors (Lipinski definition) is 2. The van der Waals surface area contributed by atoms with Gasteiger partial charge in [-0.1, -0.05) is 72.3 Å². The topological polar surface area (TPSA) is 85.4 Å². The van der Waals surface area contributed by atoms with Crippen molar-refractivity contribution in [1.29, 1.82) is 0 Å². The first-order valence-electron chi connectivity index (χ1n) is 10.0. The first kappa shape index (κ1) is 21.4. The lowest BCUT2D eigenvalue weighted by Gasteiger charge is -2.25. The summed E-state index contributed by atoms with van der Waals surface area (Å²) in [7, 11) is 0. The molecule has 1 heterocycles. The molecule has 4 aromatic rings. The molecule has 0 aliphatic rings. The zero-order valence-corrected chi connectivity index (χ0v) is 17.8. The number of phenols is 1. The van der Waals surface area contributed by atoms with Crippen LogP contribution in [0.1, 0.15) is 17.0 Å². The number of hydrogen-bond acceptors (Lipinski definition) is 4. The average Bonchev–Trinajstić information content (AvgIpc) is 2.82. The number of carbonyl (C=O) groups excluding carboxylic acids is 1. The Hall–Kier alpha value is -3.83. The maximum absolute atomic E-state index is 12.5. The molecule has 0 radical (unpaired) electrons. The van der Waals surface area contributed by atoms with Crippen LogP contribution in [-0.4, -0.2) is 22.1 Å². The lowest BCUT2D eigenvalue weighted by Crippen LogP contribution is -2.38. The number of nitrogens with two attached hydrogens (primary N) is 1. The zero-order chi connectivity index (χ0) is 22.5. The number of amides is 1. The summed E-state index contributed by atoms with van der Waals surface area (Å²) in [5, 5.41) is 12.1. The van der Waals surface area contributed by atoms with Crippen LogP contribution in [0.25, 0.3) is 17.0 Å². The third kappa shape index (κ3) is 4.58. The number of aromatic nitrogens is 1. The number of rotatable bonds is 7. The van der Waals surface area contributed by atoms with Gasteiger partial charge in [0, 0.05) is 17.1 Å². The Morgan fingerprint density at radius 1 is 1.03 bits per heavy atom. The predicted octanol–water partition coefficient (Wildman–Crippen LogP) is 5.32. The number of primary amides is 1. The fraction of sp³-hybridized carbons (Fsp3) is 0.0769. The highest BCUT2D eigenvalue weighted by Gasteiger charge is 2.31. The summed E-state index contributed by atoms with van der Waals surface area (Å²) < 4.78 is 5.99. The molecule has 1 amide bonds. The minimum Gasteiger partial charge on any atom is -0.505 e. The minimum absolute atomic E-state index is 0.0735. The van der Waals surface area contributed by atoms with E-state index in [0.717, 1.165) is 5.56 Å². The molecular formula is C26H21ClN2O3. The van der Waals surface area contributed by atoms with E-state index >= 15 is 0 Å². The maximum atomic E-state index is 12.5. The zero-order valence-electron chi connectivity index (χ0n) is 17.1. The number of benzene rings is 3. The maximum Gasteiger partial charge on any atom is 0.259 e. The van der Waals surface area contributed by atoms with Crippen LogP contribution in [0.15, 0.2) is 91.1 Å². The summed E-state index contributed by atoms with van der Waals surface area (Å²) in [5.74, 6) is -0.987. The Balaban J connectivity index is 1.85. The Morgan fingerprint density at radius 3 is 2.41 bits per heavy atom. The Bertz CT molecular complexity index is 1260. The highest BCUT2D eigenvalue weighted by molar-refractivity contribution is 6.35. The molecule has 5 nitrogen and oxygen atoms in total. The quantitative estimate of drug-likeness (QED) is 0.403. The van der Waals surface area contributed by atoms with E-state index in [9.17, 15) is 9.90 Å². The van der Waals surface area contributed by atoms with Crippen LogP contribution in [0.4, 0.5) is 0 Å². The van der Waals surface area contributed by atoms with Crippen molar-refractivity contribution in [2.24, 2.45) is 5.73 Å². The van der Waals surface area contributed by atoms with E-state index in [0.29, 0.717) is 27.2 Å². The van der Waals surface area contributed by atoms with Gasteiger partial charge in [-0.2, -0.15) is 0 Å². The second-order valence-corrected chi connectivity index (χ2v) is 7.65. The van der Waals surface area contributed by atoms with E-state index < -0.39 is 17.9 Å². The monoisotopic (exact) mass is 444 g/mol. The first-order chi connectivity index (χ1) is 15.5. The molecule has 3 aromatic carbocycles. The van der Waals surface area contributed by atoms with Crippen LogP contribution in [0.2, 0.25) is 5.02 Å². The molecule has 0 saturated heterocycles. The number of aromatic hydroxyl groups is 1. The van der Waals surface area contributed by atoms with Gasteiger partial charge in [0.15, 0.2) is 6.10 Å². The molecule has 1 aromatic heterocycles. The van der Waals surface area contributed by atoms with Gasteiger partial charge in [0.05, 0.1) is 10.9 Å². The number of fused-ring (bicyclic) bond motifs is 1. The fourth-order valence-corrected chi connectivity index (χ4v) is 3.83. The highest BCUT2D eigenvalue weighted by atomic mass is 35.5. The molecule has 160 valence electrons. The van der Waals surface area contributed by atoms with E-state index in [-0.39, 0.29) is 5.75 Å². The third-order valence-electron chi connectivity index (χ3n) is 5.11. The second kappa shape index (κ2) is 9.54. The Morgan fingerprint density at radius 2 is 1.72 bits per heavy atom.